The molecule has 11 fully saturated rings. The monoisotopic (exact) mass is 1680 g/mol. The Labute approximate surface area is 667 Å². The molecule has 116 heavy (non-hydrogen) atoms. The first-order chi connectivity index (χ1) is 54.2. The maximum absolute atomic E-state index is 15.8. The number of allylic oxidation sites excluding steroid dienone is 2. The number of carboxylic acids is 1. The number of aliphatic carboxylic acids is 1. The van der Waals surface area contributed by atoms with Crippen LogP contribution in [0.1, 0.15) is 132 Å². The van der Waals surface area contributed by atoms with E-state index in [0.29, 0.717) is 57.8 Å². The van der Waals surface area contributed by atoms with Crippen molar-refractivity contribution in [3.05, 3.63) is 11.6 Å². The van der Waals surface area contributed by atoms with Crippen LogP contribution >= 0.6 is 0 Å². The minimum atomic E-state index is -3.37. The predicted octanol–water partition coefficient (Wildman–Crippen LogP) is -8.05. The van der Waals surface area contributed by atoms with Gasteiger partial charge >= 0.3 is 11.9 Å². The topological polar surface area (TPSA) is 658 Å². The number of carboxylic acid groups (broad SMARTS) is 1. The van der Waals surface area contributed by atoms with Crippen molar-refractivity contribution in [2.24, 2.45) is 50.7 Å². The van der Waals surface area contributed by atoms with Crippen molar-refractivity contribution in [1.29, 1.82) is 0 Å². The van der Waals surface area contributed by atoms with Gasteiger partial charge in [-0.2, -0.15) is 0 Å². The molecular weight excluding hydrogens is 1560 g/mol. The van der Waals surface area contributed by atoms with Gasteiger partial charge in [0, 0.05) is 18.3 Å². The second-order valence-corrected chi connectivity index (χ2v) is 36.0. The van der Waals surface area contributed by atoms with Crippen LogP contribution in [-0.2, 0) is 80.6 Å². The van der Waals surface area contributed by atoms with E-state index in [2.05, 4.69) is 33.8 Å². The molecule has 44 atom stereocenters. The summed E-state index contributed by atoms with van der Waals surface area (Å²) in [7, 11) is 0. The Morgan fingerprint density at radius 3 is 1.73 bits per heavy atom. The van der Waals surface area contributed by atoms with E-state index in [1.165, 1.54) is 6.92 Å². The number of hydrogen-bond acceptors (Lipinski definition) is 40. The van der Waals surface area contributed by atoms with E-state index in [4.69, 9.17) is 71.1 Å². The molecule has 0 spiro atoms. The van der Waals surface area contributed by atoms with Crippen LogP contribution in [0, 0.1) is 50.7 Å². The average molecular weight is 1680 g/mol. The molecule has 41 nitrogen and oxygen atoms in total. The molecule has 0 aromatic carbocycles. The van der Waals surface area contributed by atoms with Crippen molar-refractivity contribution in [3.8, 4) is 0 Å². The van der Waals surface area contributed by atoms with Crippen LogP contribution in [-0.4, -0.2) is 394 Å². The zero-order chi connectivity index (χ0) is 85.1. The highest BCUT2D eigenvalue weighted by molar-refractivity contribution is 5.79. The van der Waals surface area contributed by atoms with E-state index < -0.39 is 312 Å². The fraction of sp³-hybridized carbons (Fsp3) is 0.947. The van der Waals surface area contributed by atoms with Crippen molar-refractivity contribution in [2.75, 3.05) is 33.0 Å². The smallest absolute Gasteiger partial charge is 0.335 e. The van der Waals surface area contributed by atoms with Crippen molar-refractivity contribution >= 4 is 11.9 Å². The van der Waals surface area contributed by atoms with E-state index >= 15 is 4.79 Å². The van der Waals surface area contributed by atoms with E-state index in [1.54, 1.807) is 0 Å². The van der Waals surface area contributed by atoms with E-state index in [9.17, 15) is 127 Å². The van der Waals surface area contributed by atoms with Gasteiger partial charge in [-0.15, -0.1) is 0 Å². The van der Waals surface area contributed by atoms with Gasteiger partial charge in [0.25, 0.3) is 0 Å². The van der Waals surface area contributed by atoms with Crippen molar-refractivity contribution in [2.45, 2.75) is 359 Å². The lowest BCUT2D eigenvalue weighted by Gasteiger charge is -2.68. The van der Waals surface area contributed by atoms with Gasteiger partial charge < -0.3 is 194 Å². The molecule has 12 aliphatic rings. The molecule has 668 valence electrons. The fourth-order valence-corrected chi connectivity index (χ4v) is 21.2. The highest BCUT2D eigenvalue weighted by Gasteiger charge is 2.69. The van der Waals surface area contributed by atoms with Crippen LogP contribution in [0.15, 0.2) is 11.6 Å². The summed E-state index contributed by atoms with van der Waals surface area (Å²) in [4.78, 5) is 28.9. The first kappa shape index (κ1) is 92.4. The van der Waals surface area contributed by atoms with E-state index in [1.807, 2.05) is 6.92 Å². The molecule has 0 aromatic heterocycles. The summed E-state index contributed by atoms with van der Waals surface area (Å²) in [6.07, 6.45) is -62.3. The Morgan fingerprint density at radius 1 is 0.534 bits per heavy atom. The van der Waals surface area contributed by atoms with Gasteiger partial charge in [-0.3, -0.25) is 4.79 Å². The fourth-order valence-electron chi connectivity index (χ4n) is 21.2. The zero-order valence-corrected chi connectivity index (χ0v) is 65.8. The lowest BCUT2D eigenvalue weighted by atomic mass is 9.37. The minimum Gasteiger partial charge on any atom is -0.479 e. The molecule has 0 bridgehead atoms. The molecule has 7 heterocycles. The molecular formula is C75H122O41. The molecule has 4 saturated carbocycles. The maximum atomic E-state index is 15.8. The van der Waals surface area contributed by atoms with Crippen molar-refractivity contribution in [3.63, 3.8) is 0 Å². The Bertz CT molecular complexity index is 3340. The highest BCUT2D eigenvalue weighted by atomic mass is 16.8. The van der Waals surface area contributed by atoms with Crippen LogP contribution in [0.2, 0.25) is 0 Å². The number of carbonyl (C=O) groups is 2. The standard InChI is InChI=1S/C75H122O41/c1-27-54(109-61-49(91)42(84)33(81)24-102-61)56(110-62-50(92)47(89)45(87)35(106-62)19-41(105-28(2)79)75(100,101)39(83)23-77)53(95)64(104-27)113-58-43(85)34(82)25-103-66(58)115-68(98)74-16-11-30-29(31(74)20-69(3,4)17-18-74)9-10-37-70(30,5)14-12-38-71(37,6)15-13-40(72(38,7)26-78)108-67-59(114-63-51(93)48(90)46(88)36(22-76)107-63)55(52(94)57(112-67)60(96)97)111-65-44(86)32(80)21-73(8,99)116-65/h9,27-28,30-59,61-67,76-95,99-101H,10-26H2,1-8H3,(H,96,97)/t27?,28?,30?,31-,32?,33?,34?,35?,36?,37?,38?,39?,40-,41?,42?,43?,44?,45?,46?,47?,48?,49?,50?,51?,52?,53?,54?,55?,56?,57?,58?,59?,61?,62?,63?,64?,65?,66?,67?,70-,71+,72-,73?,74+/m0/s1. The summed E-state index contributed by atoms with van der Waals surface area (Å²) >= 11 is 0. The largest absolute Gasteiger partial charge is 0.479 e. The lowest BCUT2D eigenvalue weighted by molar-refractivity contribution is -0.408. The number of esters is 1. The Hall–Kier alpha value is -2.80. The second-order valence-electron chi connectivity index (χ2n) is 36.0. The van der Waals surface area contributed by atoms with Gasteiger partial charge in [0.1, 0.15) is 128 Å². The quantitative estimate of drug-likeness (QED) is 0.0185. The van der Waals surface area contributed by atoms with E-state index in [0.717, 1.165) is 19.4 Å². The van der Waals surface area contributed by atoms with Crippen molar-refractivity contribution < 1.29 is 203 Å². The second kappa shape index (κ2) is 35.3. The summed E-state index contributed by atoms with van der Waals surface area (Å²) in [6.45, 7) is 10.2. The normalized spacial score (nSPS) is 51.4. The van der Waals surface area contributed by atoms with Crippen LogP contribution in [0.3, 0.4) is 0 Å². The molecule has 0 radical (unpaired) electrons. The molecule has 41 heteroatoms. The predicted molar refractivity (Wildman–Crippen MR) is 377 cm³/mol. The Morgan fingerprint density at radius 2 is 1.10 bits per heavy atom. The third-order valence-electron chi connectivity index (χ3n) is 27.8. The van der Waals surface area contributed by atoms with Gasteiger partial charge in [0.05, 0.1) is 62.9 Å². The molecule has 0 amide bonds. The number of hydrogen-bond donors (Lipinski definition) is 24. The SMILES string of the molecule is CC(O)OC(CC1OC(OC2C(O)C(OC3C(OC(=O)[C@@]45CCC6C(=CCC7[C@@]6(C)CCC6[C@]7(C)CC[C@H](OC7OC(C(=O)O)C(O)C(OC8OC(C)(O)CC(O)C8O)C7OC7OC(CO)C(O)C(O)C7O)[C@@]6(C)CO)[C@@H]4CC(C)(C)CC5)OCC(O)C3O)OC(C)C2OC2OCC(O)C(O)C2O)C(O)C(O)C1O)C(O)(O)C(O)CO. The maximum Gasteiger partial charge on any atom is 0.335 e. The van der Waals surface area contributed by atoms with Crippen LogP contribution < -0.4 is 0 Å². The first-order valence-corrected chi connectivity index (χ1v) is 40.0. The summed E-state index contributed by atoms with van der Waals surface area (Å²) < 4.78 is 90.6. The number of ether oxygens (including phenoxy) is 15. The molecule has 7 aliphatic heterocycles. The summed E-state index contributed by atoms with van der Waals surface area (Å²) in [5.74, 6) is -9.00. The van der Waals surface area contributed by atoms with Crippen molar-refractivity contribution in [1.82, 2.24) is 0 Å². The Balaban J connectivity index is 0.793. The number of aliphatic hydroxyl groups excluding tert-OH is 20. The molecule has 38 unspecified atom stereocenters. The molecule has 5 aliphatic carbocycles. The lowest BCUT2D eigenvalue weighted by Crippen LogP contribution is -2.68. The summed E-state index contributed by atoms with van der Waals surface area (Å²) in [6, 6.07) is 0. The third-order valence-corrected chi connectivity index (χ3v) is 27.8. The minimum absolute atomic E-state index is 0.0887. The van der Waals surface area contributed by atoms with Gasteiger partial charge in [0.2, 0.25) is 12.1 Å². The van der Waals surface area contributed by atoms with Gasteiger partial charge in [-0.25, -0.2) is 4.79 Å². The molecule has 0 aromatic rings. The average Bonchev–Trinajstić information content (AvgIpc) is 0.686. The zero-order valence-electron chi connectivity index (χ0n) is 65.8. The highest BCUT2D eigenvalue weighted by Crippen LogP contribution is 2.73. The third kappa shape index (κ3) is 17.3. The summed E-state index contributed by atoms with van der Waals surface area (Å²) in [5, 5.41) is 264. The molecule has 24 N–H and O–H groups in total. The molecule has 7 saturated heterocycles. The first-order valence-electron chi connectivity index (χ1n) is 40.0. The number of fused-ring (bicyclic) bond motifs is 7. The van der Waals surface area contributed by atoms with Crippen LogP contribution in [0.4, 0.5) is 0 Å². The number of aliphatic hydroxyl groups is 23. The number of rotatable bonds is 24. The van der Waals surface area contributed by atoms with Crippen LogP contribution in [0.5, 0.6) is 0 Å². The van der Waals surface area contributed by atoms with Gasteiger partial charge in [-0.1, -0.05) is 46.3 Å². The van der Waals surface area contributed by atoms with Gasteiger partial charge in [0.15, 0.2) is 62.0 Å². The molecule has 12 rings (SSSR count). The summed E-state index contributed by atoms with van der Waals surface area (Å²) in [5.41, 5.74) is -2.76. The van der Waals surface area contributed by atoms with E-state index in [-0.39, 0.29) is 29.6 Å². The van der Waals surface area contributed by atoms with Gasteiger partial charge in [-0.05, 0) is 125 Å². The van der Waals surface area contributed by atoms with Crippen LogP contribution in [0.25, 0.3) is 0 Å². The number of carbonyl (C=O) groups excluding carboxylic acids is 1. The Kier molecular flexibility index (Phi) is 28.1.